The van der Waals surface area contributed by atoms with Gasteiger partial charge in [0.25, 0.3) is 0 Å². The fourth-order valence-electron chi connectivity index (χ4n) is 2.53. The summed E-state index contributed by atoms with van der Waals surface area (Å²) in [4.78, 5) is 4.41. The summed E-state index contributed by atoms with van der Waals surface area (Å²) in [6.07, 6.45) is 3.73. The SMILES string of the molecule is OCC1(Nc2nccc3cc4c(cc23)OCCO4)CC1. The fraction of sp³-hybridized carbons (Fsp3) is 0.400. The van der Waals surface area contributed by atoms with Crippen molar-refractivity contribution < 1.29 is 14.6 Å². The number of rotatable bonds is 3. The van der Waals surface area contributed by atoms with Gasteiger partial charge in [-0.25, -0.2) is 4.98 Å². The first-order valence-electron chi connectivity index (χ1n) is 6.87. The summed E-state index contributed by atoms with van der Waals surface area (Å²) in [5.41, 5.74) is -0.186. The molecule has 0 radical (unpaired) electrons. The van der Waals surface area contributed by atoms with Gasteiger partial charge in [0.15, 0.2) is 11.5 Å². The van der Waals surface area contributed by atoms with Crippen molar-refractivity contribution in [2.24, 2.45) is 0 Å². The monoisotopic (exact) mass is 272 g/mol. The highest BCUT2D eigenvalue weighted by Crippen LogP contribution is 2.41. The van der Waals surface area contributed by atoms with Crippen LogP contribution in [-0.4, -0.2) is 35.5 Å². The quantitative estimate of drug-likeness (QED) is 0.894. The predicted molar refractivity (Wildman–Crippen MR) is 75.4 cm³/mol. The average Bonchev–Trinajstić information content (AvgIpc) is 3.26. The van der Waals surface area contributed by atoms with Crippen LogP contribution in [0.3, 0.4) is 0 Å². The van der Waals surface area contributed by atoms with Crippen molar-refractivity contribution in [2.45, 2.75) is 18.4 Å². The first kappa shape index (κ1) is 11.8. The van der Waals surface area contributed by atoms with E-state index in [4.69, 9.17) is 9.47 Å². The van der Waals surface area contributed by atoms with Crippen LogP contribution in [0.4, 0.5) is 5.82 Å². The lowest BCUT2D eigenvalue weighted by Gasteiger charge is -2.21. The molecule has 0 bridgehead atoms. The number of fused-ring (bicyclic) bond motifs is 2. The van der Waals surface area contributed by atoms with Crippen molar-refractivity contribution in [3.63, 3.8) is 0 Å². The molecule has 104 valence electrons. The maximum Gasteiger partial charge on any atom is 0.162 e. The zero-order valence-corrected chi connectivity index (χ0v) is 11.1. The maximum atomic E-state index is 9.45. The molecule has 1 saturated carbocycles. The number of hydrogen-bond donors (Lipinski definition) is 2. The van der Waals surface area contributed by atoms with Crippen LogP contribution in [-0.2, 0) is 0 Å². The molecule has 1 aliphatic carbocycles. The summed E-state index contributed by atoms with van der Waals surface area (Å²) in [5.74, 6) is 2.34. The average molecular weight is 272 g/mol. The van der Waals surface area contributed by atoms with Crippen LogP contribution >= 0.6 is 0 Å². The normalized spacial score (nSPS) is 18.9. The molecule has 5 heteroatoms. The molecule has 1 aromatic carbocycles. The number of ether oxygens (including phenoxy) is 2. The molecular formula is C15H16N2O3. The highest BCUT2D eigenvalue weighted by atomic mass is 16.6. The van der Waals surface area contributed by atoms with Crippen molar-refractivity contribution in [2.75, 3.05) is 25.1 Å². The standard InChI is InChI=1S/C15H16N2O3/c18-9-15(2-3-15)17-14-11-8-13-12(19-5-6-20-13)7-10(11)1-4-16-14/h1,4,7-8,18H,2-3,5-6,9H2,(H,16,17). The predicted octanol–water partition coefficient (Wildman–Crippen LogP) is 1.94. The summed E-state index contributed by atoms with van der Waals surface area (Å²) in [5, 5.41) is 14.9. The molecule has 0 spiro atoms. The lowest BCUT2D eigenvalue weighted by atomic mass is 10.1. The fourth-order valence-corrected chi connectivity index (χ4v) is 2.53. The number of nitrogens with one attached hydrogen (secondary N) is 1. The minimum atomic E-state index is -0.186. The largest absolute Gasteiger partial charge is 0.486 e. The van der Waals surface area contributed by atoms with Crippen molar-refractivity contribution in [1.29, 1.82) is 0 Å². The molecule has 1 aromatic heterocycles. The Morgan fingerprint density at radius 3 is 2.65 bits per heavy atom. The lowest BCUT2D eigenvalue weighted by Crippen LogP contribution is -2.26. The van der Waals surface area contributed by atoms with Crippen LogP contribution in [0.1, 0.15) is 12.8 Å². The lowest BCUT2D eigenvalue weighted by molar-refractivity contribution is 0.172. The van der Waals surface area contributed by atoms with Crippen molar-refractivity contribution in [3.8, 4) is 11.5 Å². The summed E-state index contributed by atoms with van der Waals surface area (Å²) >= 11 is 0. The zero-order valence-electron chi connectivity index (χ0n) is 11.1. The van der Waals surface area contributed by atoms with Gasteiger partial charge in [-0.1, -0.05) is 0 Å². The molecule has 4 rings (SSSR count). The smallest absolute Gasteiger partial charge is 0.162 e. The molecule has 2 N–H and O–H groups in total. The molecule has 2 heterocycles. The topological polar surface area (TPSA) is 63.6 Å². The van der Waals surface area contributed by atoms with Crippen LogP contribution in [0.25, 0.3) is 10.8 Å². The number of nitrogens with zero attached hydrogens (tertiary/aromatic N) is 1. The Morgan fingerprint density at radius 2 is 1.95 bits per heavy atom. The third-order valence-electron chi connectivity index (χ3n) is 3.97. The molecule has 20 heavy (non-hydrogen) atoms. The van der Waals surface area contributed by atoms with Gasteiger partial charge in [0.2, 0.25) is 0 Å². The van der Waals surface area contributed by atoms with Gasteiger partial charge in [-0.05, 0) is 36.4 Å². The Labute approximate surface area is 116 Å². The second-order valence-corrected chi connectivity index (χ2v) is 5.44. The summed E-state index contributed by atoms with van der Waals surface area (Å²) in [6.45, 7) is 1.29. The van der Waals surface area contributed by atoms with E-state index in [1.54, 1.807) is 6.20 Å². The molecule has 2 aliphatic rings. The Kier molecular flexibility index (Phi) is 2.50. The van der Waals surface area contributed by atoms with Gasteiger partial charge in [0.05, 0.1) is 12.1 Å². The van der Waals surface area contributed by atoms with Gasteiger partial charge in [-0.15, -0.1) is 0 Å². The number of hydrogen-bond acceptors (Lipinski definition) is 5. The van der Waals surface area contributed by atoms with Crippen LogP contribution in [0, 0.1) is 0 Å². The van der Waals surface area contributed by atoms with Gasteiger partial charge >= 0.3 is 0 Å². The summed E-state index contributed by atoms with van der Waals surface area (Å²) in [6, 6.07) is 5.90. The van der Waals surface area contributed by atoms with Crippen molar-refractivity contribution in [1.82, 2.24) is 4.98 Å². The van der Waals surface area contributed by atoms with Gasteiger partial charge in [-0.3, -0.25) is 0 Å². The van der Waals surface area contributed by atoms with Crippen molar-refractivity contribution in [3.05, 3.63) is 24.4 Å². The Morgan fingerprint density at radius 1 is 1.20 bits per heavy atom. The van der Waals surface area contributed by atoms with E-state index in [0.29, 0.717) is 13.2 Å². The van der Waals surface area contributed by atoms with E-state index in [1.165, 1.54) is 0 Å². The van der Waals surface area contributed by atoms with E-state index in [2.05, 4.69) is 10.3 Å². The van der Waals surface area contributed by atoms with E-state index in [-0.39, 0.29) is 12.1 Å². The minimum Gasteiger partial charge on any atom is -0.486 e. The van der Waals surface area contributed by atoms with Gasteiger partial charge in [0, 0.05) is 11.6 Å². The molecule has 1 fully saturated rings. The molecule has 5 nitrogen and oxygen atoms in total. The molecule has 2 aromatic rings. The molecular weight excluding hydrogens is 256 g/mol. The van der Waals surface area contributed by atoms with Crippen LogP contribution in [0.15, 0.2) is 24.4 Å². The number of aromatic nitrogens is 1. The third-order valence-corrected chi connectivity index (χ3v) is 3.97. The summed E-state index contributed by atoms with van der Waals surface area (Å²) < 4.78 is 11.2. The van der Waals surface area contributed by atoms with E-state index < -0.39 is 0 Å². The number of pyridine rings is 1. The number of benzene rings is 1. The van der Waals surface area contributed by atoms with Crippen LogP contribution in [0.2, 0.25) is 0 Å². The van der Waals surface area contributed by atoms with E-state index >= 15 is 0 Å². The molecule has 0 saturated heterocycles. The minimum absolute atomic E-state index is 0.135. The second kappa shape index (κ2) is 4.24. The van der Waals surface area contributed by atoms with E-state index in [9.17, 15) is 5.11 Å². The maximum absolute atomic E-state index is 9.45. The Bertz CT molecular complexity index is 667. The van der Waals surface area contributed by atoms with Crippen LogP contribution < -0.4 is 14.8 Å². The summed E-state index contributed by atoms with van der Waals surface area (Å²) in [7, 11) is 0. The second-order valence-electron chi connectivity index (χ2n) is 5.44. The highest BCUT2D eigenvalue weighted by molar-refractivity contribution is 5.94. The third kappa shape index (κ3) is 1.86. The van der Waals surface area contributed by atoms with Gasteiger partial charge in [-0.2, -0.15) is 0 Å². The number of aliphatic hydroxyl groups is 1. The van der Waals surface area contributed by atoms with Crippen molar-refractivity contribution >= 4 is 16.6 Å². The Hall–Kier alpha value is -2.01. The first-order valence-corrected chi connectivity index (χ1v) is 6.87. The Balaban J connectivity index is 1.80. The number of aliphatic hydroxyl groups excluding tert-OH is 1. The van der Waals surface area contributed by atoms with E-state index in [0.717, 1.165) is 40.9 Å². The van der Waals surface area contributed by atoms with Crippen LogP contribution in [0.5, 0.6) is 11.5 Å². The van der Waals surface area contributed by atoms with Gasteiger partial charge < -0.3 is 19.9 Å². The molecule has 0 atom stereocenters. The first-order chi connectivity index (χ1) is 9.80. The highest BCUT2D eigenvalue weighted by Gasteiger charge is 2.42. The number of anilines is 1. The molecule has 1 aliphatic heterocycles. The zero-order chi connectivity index (χ0) is 13.6. The molecule has 0 amide bonds. The van der Waals surface area contributed by atoms with Gasteiger partial charge in [0.1, 0.15) is 19.0 Å². The van der Waals surface area contributed by atoms with E-state index in [1.807, 2.05) is 18.2 Å². The molecule has 0 unspecified atom stereocenters.